The van der Waals surface area contributed by atoms with Crippen LogP contribution in [0.15, 0.2) is 34.9 Å². The summed E-state index contributed by atoms with van der Waals surface area (Å²) in [6, 6.07) is 7.04. The van der Waals surface area contributed by atoms with Crippen molar-refractivity contribution in [3.63, 3.8) is 0 Å². The van der Waals surface area contributed by atoms with Gasteiger partial charge in [-0.3, -0.25) is 4.79 Å². The lowest BCUT2D eigenvalue weighted by molar-refractivity contribution is 0.102. The number of amides is 1. The van der Waals surface area contributed by atoms with Crippen molar-refractivity contribution in [2.45, 2.75) is 0 Å². The monoisotopic (exact) mass is 322 g/mol. The first kappa shape index (κ1) is 12.1. The van der Waals surface area contributed by atoms with Crippen LogP contribution < -0.4 is 14.8 Å². The molecule has 0 saturated heterocycles. The highest BCUT2D eigenvalue weighted by atomic mass is 79.9. The molecule has 1 aliphatic rings. The minimum atomic E-state index is -0.206. The Hall–Kier alpha value is -1.95. The van der Waals surface area contributed by atoms with Crippen LogP contribution in [0.5, 0.6) is 11.5 Å². The first-order chi connectivity index (χ1) is 9.22. The maximum absolute atomic E-state index is 12.0. The molecular formula is C13H11BrN2O3. The van der Waals surface area contributed by atoms with Crippen LogP contribution in [0.1, 0.15) is 10.5 Å². The third kappa shape index (κ3) is 2.58. The van der Waals surface area contributed by atoms with E-state index in [-0.39, 0.29) is 5.91 Å². The zero-order chi connectivity index (χ0) is 13.2. The number of H-pyrrole nitrogens is 1. The van der Waals surface area contributed by atoms with Crippen LogP contribution in [-0.2, 0) is 0 Å². The van der Waals surface area contributed by atoms with Crippen LogP contribution in [-0.4, -0.2) is 24.1 Å². The quantitative estimate of drug-likeness (QED) is 0.893. The summed E-state index contributed by atoms with van der Waals surface area (Å²) in [6.07, 6.45) is 1.71. The second-order valence-corrected chi connectivity index (χ2v) is 4.96. The minimum absolute atomic E-state index is 0.206. The van der Waals surface area contributed by atoms with Gasteiger partial charge in [-0.05, 0) is 34.1 Å². The molecule has 1 aromatic heterocycles. The van der Waals surface area contributed by atoms with Gasteiger partial charge in [0, 0.05) is 22.4 Å². The number of aromatic amines is 1. The third-order valence-electron chi connectivity index (χ3n) is 2.69. The number of fused-ring (bicyclic) bond motifs is 1. The lowest BCUT2D eigenvalue weighted by Crippen LogP contribution is -2.16. The van der Waals surface area contributed by atoms with Gasteiger partial charge in [0.15, 0.2) is 11.5 Å². The predicted octanol–water partition coefficient (Wildman–Crippen LogP) is 2.80. The Morgan fingerprint density at radius 2 is 2.00 bits per heavy atom. The second kappa shape index (κ2) is 4.97. The summed E-state index contributed by atoms with van der Waals surface area (Å²) in [5.41, 5.74) is 1.15. The number of anilines is 1. The molecule has 2 N–H and O–H groups in total. The summed E-state index contributed by atoms with van der Waals surface area (Å²) in [6.45, 7) is 1.07. The summed E-state index contributed by atoms with van der Waals surface area (Å²) in [5.74, 6) is 1.14. The Bertz CT molecular complexity index is 624. The van der Waals surface area contributed by atoms with Crippen LogP contribution in [0.25, 0.3) is 0 Å². The van der Waals surface area contributed by atoms with E-state index < -0.39 is 0 Å². The Balaban J connectivity index is 1.78. The molecular weight excluding hydrogens is 312 g/mol. The predicted molar refractivity (Wildman–Crippen MR) is 73.9 cm³/mol. The van der Waals surface area contributed by atoms with E-state index in [9.17, 15) is 4.79 Å². The van der Waals surface area contributed by atoms with E-state index in [2.05, 4.69) is 26.2 Å². The van der Waals surface area contributed by atoms with E-state index in [1.165, 1.54) is 0 Å². The van der Waals surface area contributed by atoms with E-state index in [1.54, 1.807) is 30.5 Å². The summed E-state index contributed by atoms with van der Waals surface area (Å²) in [7, 11) is 0. The van der Waals surface area contributed by atoms with E-state index >= 15 is 0 Å². The number of halogens is 1. The zero-order valence-corrected chi connectivity index (χ0v) is 11.5. The Labute approximate surface area is 118 Å². The largest absolute Gasteiger partial charge is 0.486 e. The molecule has 1 aromatic carbocycles. The van der Waals surface area contributed by atoms with Crippen molar-refractivity contribution in [2.24, 2.45) is 0 Å². The minimum Gasteiger partial charge on any atom is -0.486 e. The normalized spacial score (nSPS) is 13.1. The summed E-state index contributed by atoms with van der Waals surface area (Å²) in [4.78, 5) is 14.8. The van der Waals surface area contributed by atoms with Crippen LogP contribution in [0, 0.1) is 0 Å². The van der Waals surface area contributed by atoms with Gasteiger partial charge >= 0.3 is 0 Å². The number of hydrogen-bond donors (Lipinski definition) is 2. The lowest BCUT2D eigenvalue weighted by Gasteiger charge is -2.18. The first-order valence-corrected chi connectivity index (χ1v) is 6.56. The number of carbonyl (C=O) groups excluding carboxylic acids is 1. The van der Waals surface area contributed by atoms with Crippen molar-refractivity contribution in [3.8, 4) is 11.5 Å². The average Bonchev–Trinajstić information content (AvgIpc) is 2.85. The summed E-state index contributed by atoms with van der Waals surface area (Å²) in [5, 5.41) is 2.80. The molecule has 0 radical (unpaired) electrons. The second-order valence-electron chi connectivity index (χ2n) is 4.04. The number of nitrogens with one attached hydrogen (secondary N) is 2. The van der Waals surface area contributed by atoms with Gasteiger partial charge in [-0.15, -0.1) is 0 Å². The van der Waals surface area contributed by atoms with E-state index in [4.69, 9.17) is 9.47 Å². The molecule has 0 unspecified atom stereocenters. The standard InChI is InChI=1S/C13H11BrN2O3/c14-8-5-10(15-7-8)13(17)16-9-1-2-11-12(6-9)19-4-3-18-11/h1-2,5-7,15H,3-4H2,(H,16,17). The van der Waals surface area contributed by atoms with Crippen LogP contribution in [0.2, 0.25) is 0 Å². The molecule has 6 heteroatoms. The molecule has 3 rings (SSSR count). The fraction of sp³-hybridized carbons (Fsp3) is 0.154. The zero-order valence-electron chi connectivity index (χ0n) is 9.90. The van der Waals surface area contributed by atoms with Crippen molar-refractivity contribution in [1.29, 1.82) is 0 Å². The number of benzene rings is 1. The Morgan fingerprint density at radius 3 is 2.74 bits per heavy atom. The van der Waals surface area contributed by atoms with Gasteiger partial charge in [0.1, 0.15) is 18.9 Å². The molecule has 19 heavy (non-hydrogen) atoms. The molecule has 2 heterocycles. The number of rotatable bonds is 2. The maximum atomic E-state index is 12.0. The molecule has 0 aliphatic carbocycles. The van der Waals surface area contributed by atoms with Crippen molar-refractivity contribution in [2.75, 3.05) is 18.5 Å². The fourth-order valence-electron chi connectivity index (χ4n) is 1.82. The average molecular weight is 323 g/mol. The summed E-state index contributed by atoms with van der Waals surface area (Å²) < 4.78 is 11.7. The SMILES string of the molecule is O=C(Nc1ccc2c(c1)OCCO2)c1cc(Br)c[nH]1. The highest BCUT2D eigenvalue weighted by Crippen LogP contribution is 2.32. The van der Waals surface area contributed by atoms with Crippen LogP contribution >= 0.6 is 15.9 Å². The van der Waals surface area contributed by atoms with Gasteiger partial charge in [0.2, 0.25) is 0 Å². The highest BCUT2D eigenvalue weighted by molar-refractivity contribution is 9.10. The first-order valence-electron chi connectivity index (χ1n) is 5.77. The van der Waals surface area contributed by atoms with Crippen molar-refractivity contribution in [3.05, 3.63) is 40.6 Å². The van der Waals surface area contributed by atoms with Gasteiger partial charge in [-0.2, -0.15) is 0 Å². The Kier molecular flexibility index (Phi) is 3.16. The molecule has 0 atom stereocenters. The lowest BCUT2D eigenvalue weighted by atomic mass is 10.2. The molecule has 98 valence electrons. The van der Waals surface area contributed by atoms with Gasteiger partial charge in [0.25, 0.3) is 5.91 Å². The molecule has 0 spiro atoms. The van der Waals surface area contributed by atoms with E-state index in [0.29, 0.717) is 36.1 Å². The van der Waals surface area contributed by atoms with Crippen molar-refractivity contribution < 1.29 is 14.3 Å². The fourth-order valence-corrected chi connectivity index (χ4v) is 2.16. The molecule has 0 fully saturated rings. The van der Waals surface area contributed by atoms with E-state index in [0.717, 1.165) is 4.47 Å². The number of ether oxygens (including phenoxy) is 2. The molecule has 1 aliphatic heterocycles. The number of aromatic nitrogens is 1. The molecule has 5 nitrogen and oxygen atoms in total. The smallest absolute Gasteiger partial charge is 0.272 e. The molecule has 0 saturated carbocycles. The highest BCUT2D eigenvalue weighted by Gasteiger charge is 2.13. The van der Waals surface area contributed by atoms with Gasteiger partial charge in [0.05, 0.1) is 0 Å². The topological polar surface area (TPSA) is 63.4 Å². The maximum Gasteiger partial charge on any atom is 0.272 e. The van der Waals surface area contributed by atoms with Crippen LogP contribution in [0.3, 0.4) is 0 Å². The third-order valence-corrected chi connectivity index (χ3v) is 3.15. The molecule has 1 amide bonds. The number of hydrogen-bond acceptors (Lipinski definition) is 3. The molecule has 2 aromatic rings. The summed E-state index contributed by atoms with van der Waals surface area (Å²) >= 11 is 3.29. The van der Waals surface area contributed by atoms with Crippen LogP contribution in [0.4, 0.5) is 5.69 Å². The van der Waals surface area contributed by atoms with E-state index in [1.807, 2.05) is 0 Å². The van der Waals surface area contributed by atoms with Crippen molar-refractivity contribution >= 4 is 27.5 Å². The Morgan fingerprint density at radius 1 is 1.21 bits per heavy atom. The van der Waals surface area contributed by atoms with Gasteiger partial charge in [-0.25, -0.2) is 0 Å². The molecule has 0 bridgehead atoms. The van der Waals surface area contributed by atoms with Gasteiger partial charge in [-0.1, -0.05) is 0 Å². The number of carbonyl (C=O) groups is 1. The van der Waals surface area contributed by atoms with Crippen molar-refractivity contribution in [1.82, 2.24) is 4.98 Å². The van der Waals surface area contributed by atoms with Gasteiger partial charge < -0.3 is 19.8 Å².